The van der Waals surface area contributed by atoms with E-state index in [-0.39, 0.29) is 32.7 Å². The molecule has 0 spiro atoms. The van der Waals surface area contributed by atoms with Gasteiger partial charge in [-0.1, -0.05) is 6.67 Å². The van der Waals surface area contributed by atoms with Crippen molar-refractivity contribution in [3.63, 3.8) is 0 Å². The molecule has 1 fully saturated rings. The van der Waals surface area contributed by atoms with Crippen LogP contribution in [0.5, 0.6) is 0 Å². The van der Waals surface area contributed by atoms with Gasteiger partial charge in [-0.3, -0.25) is 0 Å². The molecule has 0 aliphatic heterocycles. The molecule has 1 aliphatic rings. The van der Waals surface area contributed by atoms with Crippen LogP contribution < -0.4 is 0 Å². The van der Waals surface area contributed by atoms with Gasteiger partial charge in [0.2, 0.25) is 0 Å². The van der Waals surface area contributed by atoms with E-state index >= 15 is 0 Å². The molecule has 0 aromatic rings. The van der Waals surface area contributed by atoms with Crippen molar-refractivity contribution in [1.82, 2.24) is 0 Å². The predicted molar refractivity (Wildman–Crippen MR) is 29.1 cm³/mol. The Labute approximate surface area is 88.6 Å². The van der Waals surface area contributed by atoms with E-state index in [2.05, 4.69) is 4.74 Å². The first-order valence-corrected chi connectivity index (χ1v) is 3.00. The first kappa shape index (κ1) is 11.9. The van der Waals surface area contributed by atoms with Crippen molar-refractivity contribution in [2.75, 3.05) is 0 Å². The molecule has 11 heavy (non-hydrogen) atoms. The van der Waals surface area contributed by atoms with Crippen molar-refractivity contribution >= 4 is 0 Å². The van der Waals surface area contributed by atoms with E-state index in [1.165, 1.54) is 6.92 Å². The van der Waals surface area contributed by atoms with Gasteiger partial charge in [0.25, 0.3) is 6.11 Å². The fourth-order valence-electron chi connectivity index (χ4n) is 0.629. The van der Waals surface area contributed by atoms with Crippen LogP contribution in [0.1, 0.15) is 19.8 Å². The summed E-state index contributed by atoms with van der Waals surface area (Å²) in [5.41, 5.74) is -0.786. The molecule has 0 N–H and O–H groups in total. The predicted octanol–water partition coefficient (Wildman–Crippen LogP) is 2.28. The van der Waals surface area contributed by atoms with Crippen LogP contribution in [0.3, 0.4) is 0 Å². The Balaban J connectivity index is 0.000001000. The first-order valence-electron chi connectivity index (χ1n) is 3.00. The third-order valence-corrected chi connectivity index (χ3v) is 1.46. The van der Waals surface area contributed by atoms with E-state index in [4.69, 9.17) is 0 Å². The Hall–Kier alpha value is 0.854. The fourth-order valence-corrected chi connectivity index (χ4v) is 0.629. The van der Waals surface area contributed by atoms with Crippen molar-refractivity contribution in [2.24, 2.45) is 0 Å². The molecule has 0 bridgehead atoms. The largest absolute Gasteiger partial charge is 3.00 e. The van der Waals surface area contributed by atoms with E-state index in [9.17, 15) is 13.2 Å². The van der Waals surface area contributed by atoms with Crippen molar-refractivity contribution in [1.29, 1.82) is 0 Å². The van der Waals surface area contributed by atoms with E-state index in [0.29, 0.717) is 12.8 Å². The van der Waals surface area contributed by atoms with Crippen LogP contribution >= 0.6 is 0 Å². The van der Waals surface area contributed by atoms with Crippen LogP contribution in [0.4, 0.5) is 13.2 Å². The molecule has 0 aromatic carbocycles. The Morgan fingerprint density at radius 3 is 2.18 bits per heavy atom. The maximum atomic E-state index is 12.0. The second-order valence-electron chi connectivity index (χ2n) is 2.72. The molecule has 0 aromatic heterocycles. The summed E-state index contributed by atoms with van der Waals surface area (Å²) >= 11 is 0. The average molecular weight is 242 g/mol. The summed E-state index contributed by atoms with van der Waals surface area (Å²) in [5, 5.41) is 0. The topological polar surface area (TPSA) is 9.23 Å². The van der Waals surface area contributed by atoms with E-state index in [1.807, 2.05) is 0 Å². The molecule has 5 heteroatoms. The molecule has 1 nitrogen and oxygen atoms in total. The monoisotopic (exact) mass is 242 g/mol. The summed E-state index contributed by atoms with van der Waals surface area (Å²) in [7, 11) is 0. The molecule has 1 aliphatic carbocycles. The third kappa shape index (κ3) is 3.86. The normalized spacial score (nSPS) is 20.7. The van der Waals surface area contributed by atoms with Gasteiger partial charge in [0.1, 0.15) is 0 Å². The van der Waals surface area contributed by atoms with Crippen molar-refractivity contribution in [2.45, 2.75) is 31.5 Å². The Bertz CT molecular complexity index is 136. The van der Waals surface area contributed by atoms with Crippen LogP contribution in [0.2, 0.25) is 0 Å². The van der Waals surface area contributed by atoms with Gasteiger partial charge in [-0.2, -0.15) is 0 Å². The molecule has 0 heterocycles. The van der Waals surface area contributed by atoms with Crippen LogP contribution in [0.15, 0.2) is 0 Å². The Kier molecular flexibility index (Phi) is 4.00. The minimum atomic E-state index is -3.70. The molecule has 0 atom stereocenters. The van der Waals surface area contributed by atoms with Gasteiger partial charge in [-0.25, -0.2) is 8.78 Å². The summed E-state index contributed by atoms with van der Waals surface area (Å²) in [6.45, 7) is 0.807. The second kappa shape index (κ2) is 3.71. The zero-order valence-corrected chi connectivity index (χ0v) is 8.95. The quantitative estimate of drug-likeness (QED) is 0.690. The minimum Gasteiger partial charge on any atom is -0.451 e. The van der Waals surface area contributed by atoms with Crippen molar-refractivity contribution in [3.8, 4) is 0 Å². The van der Waals surface area contributed by atoms with Crippen LogP contribution in [-0.2, 0) is 37.4 Å². The number of ether oxygens (including phenoxy) is 1. The minimum absolute atomic E-state index is 0. The number of hydrogen-bond donors (Lipinski definition) is 0. The Morgan fingerprint density at radius 1 is 1.45 bits per heavy atom. The van der Waals surface area contributed by atoms with Gasteiger partial charge in [0.15, 0.2) is 0 Å². The molecular weight excluding hydrogens is 234 g/mol. The maximum Gasteiger partial charge on any atom is 3.00 e. The summed E-state index contributed by atoms with van der Waals surface area (Å²) in [5.74, 6) is 0. The van der Waals surface area contributed by atoms with Crippen molar-refractivity contribution < 1.29 is 50.6 Å². The second-order valence-corrected chi connectivity index (χ2v) is 2.72. The smallest absolute Gasteiger partial charge is 0.451 e. The van der Waals surface area contributed by atoms with Crippen molar-refractivity contribution in [3.05, 3.63) is 6.67 Å². The zero-order valence-electron chi connectivity index (χ0n) is 6.11. The van der Waals surface area contributed by atoms with Crippen LogP contribution in [0.25, 0.3) is 0 Å². The summed E-state index contributed by atoms with van der Waals surface area (Å²) in [4.78, 5) is 0. The molecule has 60 valence electrons. The standard InChI is InChI=1S/C6H8F3O.Y/c1-5(2-3-5)10-6(8,9)4-7;/h4H,2-3H2,1H3;/q-1;+3. The molecule has 0 unspecified atom stereocenters. The molecule has 0 amide bonds. The number of halogens is 3. The summed E-state index contributed by atoms with van der Waals surface area (Å²) in [6, 6.07) is 0. The zero-order chi connectivity index (χ0) is 7.83. The molecular formula is C6H8F3OY+2. The number of alkyl halides is 2. The van der Waals surface area contributed by atoms with Gasteiger partial charge in [-0.15, -0.1) is 0 Å². The maximum absolute atomic E-state index is 12.0. The summed E-state index contributed by atoms with van der Waals surface area (Å²) in [6.07, 6.45) is -2.54. The van der Waals surface area contributed by atoms with E-state index in [1.54, 1.807) is 0 Å². The van der Waals surface area contributed by atoms with Gasteiger partial charge in [-0.05, 0) is 19.8 Å². The summed E-state index contributed by atoms with van der Waals surface area (Å²) < 4.78 is 39.5. The van der Waals surface area contributed by atoms with Gasteiger partial charge >= 0.3 is 32.7 Å². The fraction of sp³-hybridized carbons (Fsp3) is 0.833. The number of rotatable bonds is 3. The first-order chi connectivity index (χ1) is 4.47. The van der Waals surface area contributed by atoms with E-state index < -0.39 is 18.4 Å². The van der Waals surface area contributed by atoms with E-state index in [0.717, 1.165) is 0 Å². The molecule has 0 radical (unpaired) electrons. The SMILES string of the molecule is CC1(OC(F)(F)[CH-]F)CC1.[Y+3]. The molecule has 0 saturated heterocycles. The van der Waals surface area contributed by atoms with Crippen LogP contribution in [0, 0.1) is 6.67 Å². The van der Waals surface area contributed by atoms with Gasteiger partial charge < -0.3 is 9.13 Å². The average Bonchev–Trinajstić information content (AvgIpc) is 2.47. The Morgan fingerprint density at radius 2 is 1.91 bits per heavy atom. The van der Waals surface area contributed by atoms with Gasteiger partial charge in [0, 0.05) is 0 Å². The molecule has 1 rings (SSSR count). The molecule has 1 saturated carbocycles. The van der Waals surface area contributed by atoms with Crippen LogP contribution in [-0.4, -0.2) is 11.7 Å². The number of hydrogen-bond acceptors (Lipinski definition) is 1. The van der Waals surface area contributed by atoms with Gasteiger partial charge in [0.05, 0.1) is 5.60 Å². The third-order valence-electron chi connectivity index (χ3n) is 1.46.